The number of aliphatic imine (C=N–C) groups is 1. The molecule has 0 amide bonds. The lowest BCUT2D eigenvalue weighted by Gasteiger charge is -2.17. The highest BCUT2D eigenvalue weighted by Gasteiger charge is 2.28. The van der Waals surface area contributed by atoms with Crippen molar-refractivity contribution < 1.29 is 8.42 Å². The summed E-state index contributed by atoms with van der Waals surface area (Å²) < 4.78 is 24.5. The number of hydrogen-bond acceptors (Lipinski definition) is 3. The zero-order valence-corrected chi connectivity index (χ0v) is 13.7. The molecule has 1 heterocycles. The second kappa shape index (κ2) is 7.45. The summed E-state index contributed by atoms with van der Waals surface area (Å²) in [6.45, 7) is 1.78. The van der Waals surface area contributed by atoms with Crippen molar-refractivity contribution in [3.05, 3.63) is 0 Å². The SMILES string of the molecule is CS(=O)(=O)N1CCC(CN=C(N)NC2CCCCCC2)C1. The number of sulfonamides is 1. The van der Waals surface area contributed by atoms with Crippen LogP contribution in [0.1, 0.15) is 44.9 Å². The largest absolute Gasteiger partial charge is 0.370 e. The molecule has 0 radical (unpaired) electrons. The van der Waals surface area contributed by atoms with Crippen molar-refractivity contribution >= 4 is 16.0 Å². The fraction of sp³-hybridized carbons (Fsp3) is 0.929. The molecule has 1 saturated heterocycles. The molecule has 1 atom stereocenters. The fourth-order valence-electron chi connectivity index (χ4n) is 3.15. The predicted octanol–water partition coefficient (Wildman–Crippen LogP) is 0.895. The van der Waals surface area contributed by atoms with E-state index in [2.05, 4.69) is 10.3 Å². The van der Waals surface area contributed by atoms with Gasteiger partial charge in [0.2, 0.25) is 10.0 Å². The minimum Gasteiger partial charge on any atom is -0.370 e. The Labute approximate surface area is 128 Å². The average Bonchev–Trinajstić information content (AvgIpc) is 2.76. The van der Waals surface area contributed by atoms with E-state index in [1.54, 1.807) is 0 Å². The summed E-state index contributed by atoms with van der Waals surface area (Å²) in [5.74, 6) is 0.800. The fourth-order valence-corrected chi connectivity index (χ4v) is 4.07. The van der Waals surface area contributed by atoms with E-state index < -0.39 is 10.0 Å². The van der Waals surface area contributed by atoms with Crippen LogP contribution in [-0.2, 0) is 10.0 Å². The third kappa shape index (κ3) is 5.47. The van der Waals surface area contributed by atoms with Crippen LogP contribution in [0.25, 0.3) is 0 Å². The van der Waals surface area contributed by atoms with Crippen LogP contribution in [0.3, 0.4) is 0 Å². The van der Waals surface area contributed by atoms with Crippen molar-refractivity contribution in [3.8, 4) is 0 Å². The van der Waals surface area contributed by atoms with Crippen molar-refractivity contribution in [3.63, 3.8) is 0 Å². The van der Waals surface area contributed by atoms with Gasteiger partial charge < -0.3 is 11.1 Å². The number of nitrogens with two attached hydrogens (primary N) is 1. The predicted molar refractivity (Wildman–Crippen MR) is 85.6 cm³/mol. The zero-order chi connectivity index (χ0) is 15.3. The normalized spacial score (nSPS) is 26.7. The van der Waals surface area contributed by atoms with Gasteiger partial charge >= 0.3 is 0 Å². The average molecular weight is 316 g/mol. The van der Waals surface area contributed by atoms with Crippen LogP contribution in [0, 0.1) is 5.92 Å². The molecule has 0 aromatic rings. The van der Waals surface area contributed by atoms with Crippen molar-refractivity contribution in [2.75, 3.05) is 25.9 Å². The lowest BCUT2D eigenvalue weighted by atomic mass is 10.1. The molecule has 1 saturated carbocycles. The molecule has 0 aromatic carbocycles. The number of nitrogens with zero attached hydrogens (tertiary/aromatic N) is 2. The van der Waals surface area contributed by atoms with Crippen LogP contribution < -0.4 is 11.1 Å². The molecule has 2 fully saturated rings. The third-order valence-electron chi connectivity index (χ3n) is 4.44. The monoisotopic (exact) mass is 316 g/mol. The van der Waals surface area contributed by atoms with Gasteiger partial charge in [-0.25, -0.2) is 12.7 Å². The van der Waals surface area contributed by atoms with Crippen molar-refractivity contribution in [1.29, 1.82) is 0 Å². The molecule has 1 aliphatic carbocycles. The summed E-state index contributed by atoms with van der Waals surface area (Å²) in [5.41, 5.74) is 5.96. The highest BCUT2D eigenvalue weighted by atomic mass is 32.2. The second-order valence-electron chi connectivity index (χ2n) is 6.33. The van der Waals surface area contributed by atoms with Crippen LogP contribution in [0.2, 0.25) is 0 Å². The van der Waals surface area contributed by atoms with E-state index in [9.17, 15) is 8.42 Å². The zero-order valence-electron chi connectivity index (χ0n) is 12.9. The van der Waals surface area contributed by atoms with E-state index >= 15 is 0 Å². The Balaban J connectivity index is 1.76. The van der Waals surface area contributed by atoms with Crippen LogP contribution in [0.4, 0.5) is 0 Å². The molecule has 2 rings (SSSR count). The molecule has 0 spiro atoms. The van der Waals surface area contributed by atoms with Gasteiger partial charge in [-0.3, -0.25) is 4.99 Å². The molecule has 6 nitrogen and oxygen atoms in total. The smallest absolute Gasteiger partial charge is 0.211 e. The van der Waals surface area contributed by atoms with E-state index in [0.717, 1.165) is 6.42 Å². The summed E-state index contributed by atoms with van der Waals surface area (Å²) in [7, 11) is -3.06. The van der Waals surface area contributed by atoms with Crippen molar-refractivity contribution in [2.24, 2.45) is 16.6 Å². The van der Waals surface area contributed by atoms with E-state index in [1.807, 2.05) is 0 Å². The van der Waals surface area contributed by atoms with Crippen molar-refractivity contribution in [1.82, 2.24) is 9.62 Å². The van der Waals surface area contributed by atoms with Gasteiger partial charge in [-0.1, -0.05) is 25.7 Å². The lowest BCUT2D eigenvalue weighted by Crippen LogP contribution is -2.40. The first-order valence-electron chi connectivity index (χ1n) is 7.97. The molecule has 122 valence electrons. The topological polar surface area (TPSA) is 87.8 Å². The maximum absolute atomic E-state index is 11.5. The van der Waals surface area contributed by atoms with Crippen LogP contribution in [0.15, 0.2) is 4.99 Å². The number of hydrogen-bond donors (Lipinski definition) is 2. The first-order valence-corrected chi connectivity index (χ1v) is 9.81. The lowest BCUT2D eigenvalue weighted by molar-refractivity contribution is 0.463. The van der Waals surface area contributed by atoms with Gasteiger partial charge in [0.05, 0.1) is 6.26 Å². The molecule has 1 aliphatic heterocycles. The maximum Gasteiger partial charge on any atom is 0.211 e. The van der Waals surface area contributed by atoms with Gasteiger partial charge in [0.1, 0.15) is 0 Å². The van der Waals surface area contributed by atoms with Crippen LogP contribution >= 0.6 is 0 Å². The minimum atomic E-state index is -3.06. The summed E-state index contributed by atoms with van der Waals surface area (Å²) in [5, 5.41) is 3.32. The second-order valence-corrected chi connectivity index (χ2v) is 8.32. The Hall–Kier alpha value is -0.820. The maximum atomic E-state index is 11.5. The molecule has 1 unspecified atom stereocenters. The molecule has 7 heteroatoms. The summed E-state index contributed by atoms with van der Waals surface area (Å²) in [6.07, 6.45) is 9.63. The number of guanidine groups is 1. The van der Waals surface area contributed by atoms with Gasteiger partial charge in [-0.05, 0) is 25.2 Å². The van der Waals surface area contributed by atoms with Crippen molar-refractivity contribution in [2.45, 2.75) is 51.0 Å². The highest BCUT2D eigenvalue weighted by molar-refractivity contribution is 7.88. The summed E-state index contributed by atoms with van der Waals surface area (Å²) in [6, 6.07) is 0.451. The minimum absolute atomic E-state index is 0.286. The number of nitrogens with one attached hydrogen (secondary N) is 1. The summed E-state index contributed by atoms with van der Waals surface area (Å²) >= 11 is 0. The first kappa shape index (κ1) is 16.5. The Morgan fingerprint density at radius 3 is 2.48 bits per heavy atom. The van der Waals surface area contributed by atoms with Crippen LogP contribution in [0.5, 0.6) is 0 Å². The molecule has 2 aliphatic rings. The molecule has 0 aromatic heterocycles. The van der Waals surface area contributed by atoms with Crippen LogP contribution in [-0.4, -0.2) is 50.6 Å². The van der Waals surface area contributed by atoms with E-state index in [1.165, 1.54) is 49.1 Å². The van der Waals surface area contributed by atoms with Gasteiger partial charge in [0, 0.05) is 25.7 Å². The molecular weight excluding hydrogens is 288 g/mol. The third-order valence-corrected chi connectivity index (χ3v) is 5.71. The van der Waals surface area contributed by atoms with E-state index in [0.29, 0.717) is 31.6 Å². The Bertz CT molecular complexity index is 456. The Morgan fingerprint density at radius 1 is 1.24 bits per heavy atom. The van der Waals surface area contributed by atoms with Gasteiger partial charge in [0.25, 0.3) is 0 Å². The Kier molecular flexibility index (Phi) is 5.87. The molecule has 3 N–H and O–H groups in total. The van der Waals surface area contributed by atoms with Gasteiger partial charge in [0.15, 0.2) is 5.96 Å². The molecule has 21 heavy (non-hydrogen) atoms. The standard InChI is InChI=1S/C14H28N4O2S/c1-21(19,20)18-9-8-12(11-18)10-16-14(15)17-13-6-4-2-3-5-7-13/h12-13H,2-11H2,1H3,(H3,15,16,17). The number of rotatable bonds is 4. The highest BCUT2D eigenvalue weighted by Crippen LogP contribution is 2.19. The Morgan fingerprint density at radius 2 is 1.90 bits per heavy atom. The molecular formula is C14H28N4O2S. The quantitative estimate of drug-likeness (QED) is 0.458. The van der Waals surface area contributed by atoms with E-state index in [-0.39, 0.29) is 5.92 Å². The summed E-state index contributed by atoms with van der Waals surface area (Å²) in [4.78, 5) is 4.41. The van der Waals surface area contributed by atoms with E-state index in [4.69, 9.17) is 5.73 Å². The van der Waals surface area contributed by atoms with Gasteiger partial charge in [-0.15, -0.1) is 0 Å². The van der Waals surface area contributed by atoms with Gasteiger partial charge in [-0.2, -0.15) is 0 Å². The molecule has 0 bridgehead atoms. The first-order chi connectivity index (χ1) is 9.95.